The Hall–Kier alpha value is -2.08. The van der Waals surface area contributed by atoms with Crippen LogP contribution in [0.1, 0.15) is 44.6 Å². The molecule has 146 valence electrons. The van der Waals surface area contributed by atoms with Gasteiger partial charge in [-0.25, -0.2) is 0 Å². The number of aryl methyl sites for hydroxylation is 1. The molecule has 0 bridgehead atoms. The molecular weight excluding hydrogens is 340 g/mol. The number of amides is 1. The van der Waals surface area contributed by atoms with Crippen molar-refractivity contribution in [1.29, 1.82) is 0 Å². The standard InChI is InChI=1S/C21H30N4O2/c1-3-15-5-7-17(8-6-15)25-12-16(13-25)23-20(26)11-22-21-18-10-14(2)4-9-19(18)27-24-21/h4,9-10,15-17H,3,5-8,11-13H2,1-2H3,(H,22,24)(H,23,26). The molecule has 0 radical (unpaired) electrons. The van der Waals surface area contributed by atoms with E-state index in [1.165, 1.54) is 32.1 Å². The first kappa shape index (κ1) is 18.3. The predicted octanol–water partition coefficient (Wildman–Crippen LogP) is 3.32. The molecule has 1 saturated heterocycles. The van der Waals surface area contributed by atoms with Crippen molar-refractivity contribution in [2.24, 2.45) is 5.92 Å². The number of aromatic nitrogens is 1. The summed E-state index contributed by atoms with van der Waals surface area (Å²) in [6.07, 6.45) is 6.69. The number of anilines is 1. The zero-order valence-corrected chi connectivity index (χ0v) is 16.3. The van der Waals surface area contributed by atoms with Gasteiger partial charge in [0.15, 0.2) is 11.4 Å². The summed E-state index contributed by atoms with van der Waals surface area (Å²) in [5.74, 6) is 1.57. The fourth-order valence-corrected chi connectivity index (χ4v) is 4.44. The maximum atomic E-state index is 12.3. The lowest BCUT2D eigenvalue weighted by molar-refractivity contribution is -0.121. The highest BCUT2D eigenvalue weighted by Gasteiger charge is 2.34. The first-order valence-electron chi connectivity index (χ1n) is 10.3. The summed E-state index contributed by atoms with van der Waals surface area (Å²) in [6.45, 7) is 6.52. The smallest absolute Gasteiger partial charge is 0.239 e. The third-order valence-corrected chi connectivity index (χ3v) is 6.23. The van der Waals surface area contributed by atoms with E-state index in [9.17, 15) is 4.79 Å². The Morgan fingerprint density at radius 3 is 2.78 bits per heavy atom. The van der Waals surface area contributed by atoms with Gasteiger partial charge in [-0.3, -0.25) is 9.69 Å². The van der Waals surface area contributed by atoms with Crippen molar-refractivity contribution in [2.45, 2.75) is 58.0 Å². The van der Waals surface area contributed by atoms with Gasteiger partial charge in [-0.1, -0.05) is 30.1 Å². The van der Waals surface area contributed by atoms with E-state index in [4.69, 9.17) is 4.52 Å². The van der Waals surface area contributed by atoms with Gasteiger partial charge in [0.25, 0.3) is 0 Å². The van der Waals surface area contributed by atoms with Crippen molar-refractivity contribution in [3.05, 3.63) is 23.8 Å². The van der Waals surface area contributed by atoms with Crippen LogP contribution < -0.4 is 10.6 Å². The summed E-state index contributed by atoms with van der Waals surface area (Å²) in [7, 11) is 0. The minimum atomic E-state index is 0.0122. The zero-order chi connectivity index (χ0) is 18.8. The number of benzene rings is 1. The lowest BCUT2D eigenvalue weighted by Crippen LogP contribution is -2.63. The van der Waals surface area contributed by atoms with Gasteiger partial charge in [0.05, 0.1) is 18.0 Å². The van der Waals surface area contributed by atoms with Crippen molar-refractivity contribution in [1.82, 2.24) is 15.4 Å². The Morgan fingerprint density at radius 2 is 2.04 bits per heavy atom. The van der Waals surface area contributed by atoms with Gasteiger partial charge in [0, 0.05) is 19.1 Å². The Morgan fingerprint density at radius 1 is 1.26 bits per heavy atom. The molecule has 1 aromatic heterocycles. The summed E-state index contributed by atoms with van der Waals surface area (Å²) >= 11 is 0. The van der Waals surface area contributed by atoms with E-state index < -0.39 is 0 Å². The number of hydrogen-bond acceptors (Lipinski definition) is 5. The number of carbonyl (C=O) groups is 1. The van der Waals surface area contributed by atoms with Crippen molar-refractivity contribution < 1.29 is 9.32 Å². The van der Waals surface area contributed by atoms with Gasteiger partial charge in [0.1, 0.15) is 0 Å². The number of nitrogens with one attached hydrogen (secondary N) is 2. The maximum Gasteiger partial charge on any atom is 0.239 e. The summed E-state index contributed by atoms with van der Waals surface area (Å²) in [4.78, 5) is 14.8. The first-order chi connectivity index (χ1) is 13.1. The molecule has 0 spiro atoms. The van der Waals surface area contributed by atoms with E-state index in [2.05, 4.69) is 27.6 Å². The molecule has 1 amide bonds. The fraction of sp³-hybridized carbons (Fsp3) is 0.619. The van der Waals surface area contributed by atoms with Crippen LogP contribution >= 0.6 is 0 Å². The highest BCUT2D eigenvalue weighted by Crippen LogP contribution is 2.31. The summed E-state index contributed by atoms with van der Waals surface area (Å²) < 4.78 is 5.30. The SMILES string of the molecule is CCC1CCC(N2CC(NC(=O)CNc3noc4ccc(C)cc34)C2)CC1. The Balaban J connectivity index is 1.20. The Labute approximate surface area is 160 Å². The lowest BCUT2D eigenvalue weighted by Gasteiger charge is -2.46. The molecule has 6 nitrogen and oxygen atoms in total. The maximum absolute atomic E-state index is 12.3. The molecule has 0 atom stereocenters. The van der Waals surface area contributed by atoms with E-state index in [0.29, 0.717) is 5.82 Å². The van der Waals surface area contributed by atoms with E-state index in [0.717, 1.165) is 41.6 Å². The van der Waals surface area contributed by atoms with Gasteiger partial charge in [0.2, 0.25) is 5.91 Å². The molecule has 2 aliphatic rings. The van der Waals surface area contributed by atoms with E-state index in [-0.39, 0.29) is 18.5 Å². The molecule has 1 aliphatic heterocycles. The van der Waals surface area contributed by atoms with Gasteiger partial charge < -0.3 is 15.2 Å². The fourth-order valence-electron chi connectivity index (χ4n) is 4.44. The average Bonchev–Trinajstić information content (AvgIpc) is 3.05. The number of fused-ring (bicyclic) bond motifs is 1. The monoisotopic (exact) mass is 370 g/mol. The van der Waals surface area contributed by atoms with Crippen LogP contribution in [-0.2, 0) is 4.79 Å². The molecule has 2 heterocycles. The second-order valence-corrected chi connectivity index (χ2v) is 8.19. The summed E-state index contributed by atoms with van der Waals surface area (Å²) in [5, 5.41) is 11.2. The number of hydrogen-bond donors (Lipinski definition) is 2. The van der Waals surface area contributed by atoms with Crippen LogP contribution in [0.4, 0.5) is 5.82 Å². The molecule has 27 heavy (non-hydrogen) atoms. The van der Waals surface area contributed by atoms with Crippen LogP contribution in [0.15, 0.2) is 22.7 Å². The second kappa shape index (κ2) is 7.89. The number of nitrogens with zero attached hydrogens (tertiary/aromatic N) is 2. The molecule has 6 heteroatoms. The number of likely N-dealkylation sites (tertiary alicyclic amines) is 1. The van der Waals surface area contributed by atoms with Crippen LogP contribution in [0.25, 0.3) is 11.0 Å². The molecule has 1 aliphatic carbocycles. The predicted molar refractivity (Wildman–Crippen MR) is 107 cm³/mol. The zero-order valence-electron chi connectivity index (χ0n) is 16.3. The second-order valence-electron chi connectivity index (χ2n) is 8.19. The number of rotatable bonds is 6. The van der Waals surface area contributed by atoms with Gasteiger partial charge >= 0.3 is 0 Å². The van der Waals surface area contributed by atoms with E-state index in [1.54, 1.807) is 0 Å². The van der Waals surface area contributed by atoms with E-state index in [1.807, 2.05) is 25.1 Å². The topological polar surface area (TPSA) is 70.4 Å². The normalized spacial score (nSPS) is 23.9. The lowest BCUT2D eigenvalue weighted by atomic mass is 9.83. The van der Waals surface area contributed by atoms with Crippen molar-refractivity contribution in [3.63, 3.8) is 0 Å². The molecule has 1 aromatic carbocycles. The minimum absolute atomic E-state index is 0.0122. The summed E-state index contributed by atoms with van der Waals surface area (Å²) in [5.41, 5.74) is 1.87. The van der Waals surface area contributed by atoms with Gasteiger partial charge in [-0.05, 0) is 50.7 Å². The third-order valence-electron chi connectivity index (χ3n) is 6.23. The van der Waals surface area contributed by atoms with Crippen LogP contribution in [-0.4, -0.2) is 47.7 Å². The Kier molecular flexibility index (Phi) is 5.34. The molecule has 2 fully saturated rings. The van der Waals surface area contributed by atoms with Crippen LogP contribution in [0.5, 0.6) is 0 Å². The van der Waals surface area contributed by atoms with Crippen LogP contribution in [0.2, 0.25) is 0 Å². The molecule has 1 saturated carbocycles. The average molecular weight is 370 g/mol. The summed E-state index contributed by atoms with van der Waals surface area (Å²) in [6, 6.07) is 6.91. The van der Waals surface area contributed by atoms with Crippen LogP contribution in [0.3, 0.4) is 0 Å². The minimum Gasteiger partial charge on any atom is -0.358 e. The molecule has 0 unspecified atom stereocenters. The highest BCUT2D eigenvalue weighted by molar-refractivity contribution is 5.90. The van der Waals surface area contributed by atoms with Gasteiger partial charge in [-0.15, -0.1) is 0 Å². The van der Waals surface area contributed by atoms with Crippen LogP contribution in [0, 0.1) is 12.8 Å². The number of carbonyl (C=O) groups excluding carboxylic acids is 1. The van der Waals surface area contributed by atoms with Crippen molar-refractivity contribution in [2.75, 3.05) is 25.0 Å². The van der Waals surface area contributed by atoms with Gasteiger partial charge in [-0.2, -0.15) is 0 Å². The molecular formula is C21H30N4O2. The van der Waals surface area contributed by atoms with Crippen molar-refractivity contribution >= 4 is 22.7 Å². The van der Waals surface area contributed by atoms with E-state index >= 15 is 0 Å². The van der Waals surface area contributed by atoms with Crippen molar-refractivity contribution in [3.8, 4) is 0 Å². The highest BCUT2D eigenvalue weighted by atomic mass is 16.5. The largest absolute Gasteiger partial charge is 0.358 e. The third kappa shape index (κ3) is 4.10. The molecule has 2 aromatic rings. The quantitative estimate of drug-likeness (QED) is 0.816. The first-order valence-corrected chi connectivity index (χ1v) is 10.3. The molecule has 4 rings (SSSR count). The Bertz CT molecular complexity index is 789. The molecule has 2 N–H and O–H groups in total.